The minimum absolute atomic E-state index is 0.135. The van der Waals surface area contributed by atoms with E-state index in [0.29, 0.717) is 10.0 Å². The Hall–Kier alpha value is -3.50. The molecule has 0 aliphatic carbocycles. The molecule has 0 spiro atoms. The zero-order valence-electron chi connectivity index (χ0n) is 19.5. The average Bonchev–Trinajstić information content (AvgIpc) is 3.16. The predicted molar refractivity (Wildman–Crippen MR) is 141 cm³/mol. The van der Waals surface area contributed by atoms with Gasteiger partial charge in [0, 0.05) is 23.3 Å². The number of hydrogen-bond acceptors (Lipinski definition) is 6. The normalized spacial score (nSPS) is 13.4. The lowest BCUT2D eigenvalue weighted by Crippen LogP contribution is -2.56. The van der Waals surface area contributed by atoms with E-state index in [-0.39, 0.29) is 48.0 Å². The van der Waals surface area contributed by atoms with Crippen molar-refractivity contribution in [2.45, 2.75) is 19.9 Å². The number of nitrogens with zero attached hydrogens (tertiary/aromatic N) is 3. The van der Waals surface area contributed by atoms with E-state index in [1.54, 1.807) is 24.3 Å². The molecule has 3 aromatic carbocycles. The Balaban J connectivity index is 1.86. The van der Waals surface area contributed by atoms with Crippen LogP contribution in [0.25, 0.3) is 0 Å². The van der Waals surface area contributed by atoms with Gasteiger partial charge in [-0.05, 0) is 26.0 Å². The van der Waals surface area contributed by atoms with Gasteiger partial charge in [0.05, 0.1) is 36.1 Å². The van der Waals surface area contributed by atoms with E-state index >= 15 is 0 Å². The number of hydrogen-bond donors (Lipinski definition) is 0. The van der Waals surface area contributed by atoms with Crippen LogP contribution in [-0.4, -0.2) is 44.5 Å². The Labute approximate surface area is 235 Å². The molecule has 38 heavy (non-hydrogen) atoms. The summed E-state index contributed by atoms with van der Waals surface area (Å²) in [6.07, 6.45) is 0. The van der Waals surface area contributed by atoms with Crippen LogP contribution in [0.5, 0.6) is 0 Å². The average molecular weight is 595 g/mol. The molecule has 0 saturated heterocycles. The third-order valence-corrected chi connectivity index (χ3v) is 7.71. The second-order valence-electron chi connectivity index (χ2n) is 8.29. The molecule has 9 nitrogen and oxygen atoms in total. The number of Topliss-reactive ketones (excluding diaryl/α,β-unsaturated/α-hetero) is 1. The molecule has 0 radical (unpaired) electrons. The summed E-state index contributed by atoms with van der Waals surface area (Å²) in [6.45, 7) is 3.16. The van der Waals surface area contributed by atoms with Crippen molar-refractivity contribution in [3.8, 4) is 0 Å². The van der Waals surface area contributed by atoms with E-state index in [4.69, 9.17) is 46.4 Å². The summed E-state index contributed by atoms with van der Waals surface area (Å²) in [5.41, 5.74) is -0.0979. The minimum atomic E-state index is -1.40. The zero-order valence-corrected chi connectivity index (χ0v) is 22.5. The highest BCUT2D eigenvalue weighted by Crippen LogP contribution is 2.45. The van der Waals surface area contributed by atoms with Crippen LogP contribution >= 0.6 is 46.4 Å². The molecule has 0 bridgehead atoms. The van der Waals surface area contributed by atoms with Crippen LogP contribution in [0.1, 0.15) is 53.9 Å². The van der Waals surface area contributed by atoms with Crippen LogP contribution in [0.2, 0.25) is 20.1 Å². The number of hydrazine groups is 1. The number of halogens is 4. The number of non-ortho nitro benzene ring substituents is 1. The maximum atomic E-state index is 13.7. The highest BCUT2D eigenvalue weighted by Gasteiger charge is 2.48. The number of aryl methyl sites for hydroxylation is 1. The van der Waals surface area contributed by atoms with Gasteiger partial charge in [-0.3, -0.25) is 29.3 Å². The maximum absolute atomic E-state index is 13.7. The second-order valence-corrected chi connectivity index (χ2v) is 9.80. The topological polar surface area (TPSA) is 118 Å². The van der Waals surface area contributed by atoms with Crippen molar-refractivity contribution in [3.05, 3.63) is 107 Å². The van der Waals surface area contributed by atoms with Crippen LogP contribution in [0.15, 0.2) is 48.5 Å². The zero-order chi connectivity index (χ0) is 28.0. The van der Waals surface area contributed by atoms with E-state index in [9.17, 15) is 29.3 Å². The van der Waals surface area contributed by atoms with E-state index < -0.39 is 34.5 Å². The highest BCUT2D eigenvalue weighted by molar-refractivity contribution is 6.55. The first kappa shape index (κ1) is 27.5. The lowest BCUT2D eigenvalue weighted by molar-refractivity contribution is -0.384. The Kier molecular flexibility index (Phi) is 7.49. The quantitative estimate of drug-likeness (QED) is 0.0809. The summed E-state index contributed by atoms with van der Waals surface area (Å²) in [4.78, 5) is 64.6. The highest BCUT2D eigenvalue weighted by atomic mass is 35.5. The van der Waals surface area contributed by atoms with Gasteiger partial charge >= 0.3 is 0 Å². The van der Waals surface area contributed by atoms with Gasteiger partial charge in [-0.15, -0.1) is 0 Å². The number of rotatable bonds is 6. The number of nitro benzene ring substituents is 1. The number of carbonyl (C=O) groups excluding carboxylic acids is 4. The predicted octanol–water partition coefficient (Wildman–Crippen LogP) is 6.44. The lowest BCUT2D eigenvalue weighted by Gasteiger charge is -2.34. The molecule has 1 aliphatic heterocycles. The third-order valence-electron chi connectivity index (χ3n) is 5.91. The fraction of sp³-hybridized carbons (Fsp3) is 0.120. The molecule has 0 fully saturated rings. The SMILES string of the molecule is Cc1ccc(C(=O)[C@H](C)N(C(=O)c2ccc([N+](=O)[O-])cc2)N2C(=O)c3c(Cl)c(Cl)c(Cl)c(Cl)c3C2=O)cc1. The first-order valence-corrected chi connectivity index (χ1v) is 12.3. The summed E-state index contributed by atoms with van der Waals surface area (Å²) in [5.74, 6) is -3.68. The molecule has 1 heterocycles. The Morgan fingerprint density at radius 2 is 1.26 bits per heavy atom. The molecule has 13 heteroatoms. The summed E-state index contributed by atoms with van der Waals surface area (Å²) < 4.78 is 0. The molecule has 4 rings (SSSR count). The number of fused-ring (bicyclic) bond motifs is 1. The molecule has 3 amide bonds. The van der Waals surface area contributed by atoms with Gasteiger partial charge in [-0.2, -0.15) is 5.01 Å². The van der Waals surface area contributed by atoms with Gasteiger partial charge in [0.1, 0.15) is 6.04 Å². The number of imide groups is 1. The number of amides is 3. The minimum Gasteiger partial charge on any atom is -0.292 e. The standard InChI is InChI=1S/C25H15Cl4N3O6/c1-11-3-5-13(6-4-11)22(33)12(2)30(23(34)14-7-9-15(10-8-14)32(37)38)31-24(35)16-17(25(31)36)19(27)21(29)20(28)18(16)26/h3-10,12H,1-2H3/t12-/m0/s1. The molecule has 1 aliphatic rings. The van der Waals surface area contributed by atoms with Gasteiger partial charge < -0.3 is 0 Å². The number of nitro groups is 1. The van der Waals surface area contributed by atoms with Crippen LogP contribution in [0.4, 0.5) is 5.69 Å². The van der Waals surface area contributed by atoms with Gasteiger partial charge in [-0.25, -0.2) is 5.01 Å². The van der Waals surface area contributed by atoms with Crippen molar-refractivity contribution in [1.29, 1.82) is 0 Å². The van der Waals surface area contributed by atoms with Crippen molar-refractivity contribution >= 4 is 75.6 Å². The second kappa shape index (κ2) is 10.3. The van der Waals surface area contributed by atoms with Gasteiger partial charge in [0.2, 0.25) is 0 Å². The van der Waals surface area contributed by atoms with E-state index in [1.807, 2.05) is 6.92 Å². The molecular formula is C25H15Cl4N3O6. The van der Waals surface area contributed by atoms with E-state index in [2.05, 4.69) is 0 Å². The fourth-order valence-corrected chi connectivity index (χ4v) is 4.92. The lowest BCUT2D eigenvalue weighted by atomic mass is 10.0. The first-order valence-electron chi connectivity index (χ1n) is 10.8. The molecule has 0 N–H and O–H groups in total. The van der Waals surface area contributed by atoms with Crippen molar-refractivity contribution in [1.82, 2.24) is 10.0 Å². The molecule has 194 valence electrons. The molecule has 1 atom stereocenters. The van der Waals surface area contributed by atoms with Gasteiger partial charge in [0.25, 0.3) is 23.4 Å². The summed E-state index contributed by atoms with van der Waals surface area (Å²) >= 11 is 24.6. The molecule has 3 aromatic rings. The van der Waals surface area contributed by atoms with E-state index in [0.717, 1.165) is 29.8 Å². The van der Waals surface area contributed by atoms with Crippen molar-refractivity contribution in [2.24, 2.45) is 0 Å². The fourth-order valence-electron chi connectivity index (χ4n) is 3.90. The van der Waals surface area contributed by atoms with Crippen LogP contribution in [0, 0.1) is 17.0 Å². The monoisotopic (exact) mass is 593 g/mol. The third kappa shape index (κ3) is 4.52. The maximum Gasteiger partial charge on any atom is 0.282 e. The van der Waals surface area contributed by atoms with Gasteiger partial charge in [-0.1, -0.05) is 76.2 Å². The number of ketones is 1. The van der Waals surface area contributed by atoms with Crippen LogP contribution in [-0.2, 0) is 0 Å². The number of benzene rings is 3. The summed E-state index contributed by atoms with van der Waals surface area (Å²) in [7, 11) is 0. The number of carbonyl (C=O) groups is 4. The Morgan fingerprint density at radius 1 is 0.816 bits per heavy atom. The largest absolute Gasteiger partial charge is 0.292 e. The van der Waals surface area contributed by atoms with Crippen molar-refractivity contribution < 1.29 is 24.1 Å². The van der Waals surface area contributed by atoms with Crippen LogP contribution < -0.4 is 0 Å². The first-order chi connectivity index (χ1) is 17.9. The van der Waals surface area contributed by atoms with Crippen LogP contribution in [0.3, 0.4) is 0 Å². The Morgan fingerprint density at radius 3 is 1.71 bits per heavy atom. The smallest absolute Gasteiger partial charge is 0.282 e. The van der Waals surface area contributed by atoms with Crippen molar-refractivity contribution in [3.63, 3.8) is 0 Å². The van der Waals surface area contributed by atoms with E-state index in [1.165, 1.54) is 6.92 Å². The Bertz CT molecular complexity index is 1490. The van der Waals surface area contributed by atoms with Crippen molar-refractivity contribution in [2.75, 3.05) is 0 Å². The summed E-state index contributed by atoms with van der Waals surface area (Å²) in [6, 6.07) is 9.50. The molecular weight excluding hydrogens is 580 g/mol. The molecule has 0 aromatic heterocycles. The summed E-state index contributed by atoms with van der Waals surface area (Å²) in [5, 5.41) is 10.9. The molecule has 0 unspecified atom stereocenters. The van der Waals surface area contributed by atoms with Gasteiger partial charge in [0.15, 0.2) is 5.78 Å². The molecule has 0 saturated carbocycles.